The van der Waals surface area contributed by atoms with Crippen LogP contribution in [-0.2, 0) is 4.74 Å². The first-order chi connectivity index (χ1) is 13.3. The Labute approximate surface area is 159 Å². The number of hydrogen-bond donors (Lipinski definition) is 2. The molecule has 1 aliphatic heterocycles. The van der Waals surface area contributed by atoms with Gasteiger partial charge in [-0.25, -0.2) is 4.98 Å². The Morgan fingerprint density at radius 2 is 2.04 bits per heavy atom. The molecule has 1 saturated heterocycles. The van der Waals surface area contributed by atoms with Gasteiger partial charge in [-0.1, -0.05) is 12.1 Å². The number of hydrogen-bond acceptors (Lipinski definition) is 6. The van der Waals surface area contributed by atoms with Crippen LogP contribution in [0.15, 0.2) is 42.6 Å². The Kier molecular flexibility index (Phi) is 7.01. The predicted octanol–water partition coefficient (Wildman–Crippen LogP) is 2.48. The number of benzene rings is 1. The third-order valence-corrected chi connectivity index (χ3v) is 4.29. The largest absolute Gasteiger partial charge is 0.492 e. The van der Waals surface area contributed by atoms with E-state index in [1.54, 1.807) is 12.3 Å². The summed E-state index contributed by atoms with van der Waals surface area (Å²) in [6, 6.07) is 11.0. The molecule has 2 N–H and O–H groups in total. The molecule has 0 bridgehead atoms. The minimum Gasteiger partial charge on any atom is -0.492 e. The van der Waals surface area contributed by atoms with E-state index in [4.69, 9.17) is 9.47 Å². The molecule has 2 heterocycles. The maximum Gasteiger partial charge on any atom is 0.274 e. The lowest BCUT2D eigenvalue weighted by molar-refractivity contribution is 0.0398. The van der Waals surface area contributed by atoms with E-state index in [-0.39, 0.29) is 5.91 Å². The quantitative estimate of drug-likeness (QED) is 0.744. The van der Waals surface area contributed by atoms with Crippen LogP contribution >= 0.6 is 0 Å². The van der Waals surface area contributed by atoms with Crippen molar-refractivity contribution in [1.82, 2.24) is 9.88 Å². The highest BCUT2D eigenvalue weighted by Crippen LogP contribution is 2.24. The van der Waals surface area contributed by atoms with Crippen LogP contribution < -0.4 is 15.4 Å². The number of pyridine rings is 1. The fourth-order valence-corrected chi connectivity index (χ4v) is 2.85. The van der Waals surface area contributed by atoms with E-state index in [0.717, 1.165) is 45.1 Å². The van der Waals surface area contributed by atoms with Gasteiger partial charge in [-0.3, -0.25) is 9.69 Å². The number of aromatic nitrogens is 1. The van der Waals surface area contributed by atoms with Crippen molar-refractivity contribution in [3.8, 4) is 5.75 Å². The molecular weight excluding hydrogens is 344 g/mol. The van der Waals surface area contributed by atoms with Gasteiger partial charge in [0, 0.05) is 26.2 Å². The van der Waals surface area contributed by atoms with Crippen LogP contribution in [0.5, 0.6) is 5.75 Å². The third kappa shape index (κ3) is 5.67. The van der Waals surface area contributed by atoms with Crippen LogP contribution in [0.2, 0.25) is 0 Å². The van der Waals surface area contributed by atoms with Crippen LogP contribution in [-0.4, -0.2) is 61.8 Å². The average molecular weight is 370 g/mol. The molecule has 0 aliphatic carbocycles. The first-order valence-corrected chi connectivity index (χ1v) is 9.29. The summed E-state index contributed by atoms with van der Waals surface area (Å²) in [5.74, 6) is 0.386. The van der Waals surface area contributed by atoms with Gasteiger partial charge in [-0.15, -0.1) is 0 Å². The summed E-state index contributed by atoms with van der Waals surface area (Å²) < 4.78 is 10.9. The summed E-state index contributed by atoms with van der Waals surface area (Å²) in [7, 11) is 0. The number of morpholine rings is 1. The van der Waals surface area contributed by atoms with Gasteiger partial charge in [0.05, 0.1) is 37.4 Å². The van der Waals surface area contributed by atoms with Gasteiger partial charge in [0.2, 0.25) is 0 Å². The Hall–Kier alpha value is -2.64. The molecule has 0 spiro atoms. The van der Waals surface area contributed by atoms with Crippen molar-refractivity contribution in [2.75, 3.05) is 56.6 Å². The van der Waals surface area contributed by atoms with Crippen LogP contribution in [0.4, 0.5) is 11.4 Å². The second kappa shape index (κ2) is 9.89. The zero-order valence-electron chi connectivity index (χ0n) is 15.6. The van der Waals surface area contributed by atoms with E-state index < -0.39 is 0 Å². The lowest BCUT2D eigenvalue weighted by Crippen LogP contribution is -2.39. The Bertz CT molecular complexity index is 730. The van der Waals surface area contributed by atoms with Crippen molar-refractivity contribution in [3.05, 3.63) is 48.3 Å². The van der Waals surface area contributed by atoms with Crippen LogP contribution in [0, 0.1) is 0 Å². The first kappa shape index (κ1) is 19.1. The number of nitrogens with zero attached hydrogens (tertiary/aromatic N) is 2. The molecular formula is C20H26N4O3. The molecule has 1 aliphatic rings. The van der Waals surface area contributed by atoms with Gasteiger partial charge in [-0.2, -0.15) is 0 Å². The zero-order valence-corrected chi connectivity index (χ0v) is 15.6. The molecule has 2 aromatic rings. The van der Waals surface area contributed by atoms with Gasteiger partial charge in [-0.05, 0) is 31.2 Å². The Balaban J connectivity index is 1.51. The molecule has 0 atom stereocenters. The third-order valence-electron chi connectivity index (χ3n) is 4.29. The van der Waals surface area contributed by atoms with Crippen molar-refractivity contribution in [3.63, 3.8) is 0 Å². The molecule has 1 fully saturated rings. The molecule has 7 nitrogen and oxygen atoms in total. The summed E-state index contributed by atoms with van der Waals surface area (Å²) in [5.41, 5.74) is 1.90. The molecule has 7 heteroatoms. The van der Waals surface area contributed by atoms with E-state index in [2.05, 4.69) is 20.5 Å². The van der Waals surface area contributed by atoms with Crippen molar-refractivity contribution >= 4 is 17.3 Å². The molecule has 27 heavy (non-hydrogen) atoms. The summed E-state index contributed by atoms with van der Waals surface area (Å²) >= 11 is 0. The molecule has 0 radical (unpaired) electrons. The predicted molar refractivity (Wildman–Crippen MR) is 106 cm³/mol. The number of amides is 1. The van der Waals surface area contributed by atoms with Gasteiger partial charge in [0.25, 0.3) is 5.91 Å². The zero-order chi connectivity index (χ0) is 18.9. The molecule has 1 amide bonds. The summed E-state index contributed by atoms with van der Waals surface area (Å²) in [5, 5.41) is 6.19. The fraction of sp³-hybridized carbons (Fsp3) is 0.400. The number of ether oxygens (including phenoxy) is 2. The number of anilines is 2. The normalized spacial score (nSPS) is 14.6. The standard InChI is InChI=1S/C20H26N4O3/c1-2-27-19-6-4-3-5-17(19)23-20(25)18-8-7-16(15-22-18)21-9-10-24-11-13-26-14-12-24/h3-8,15,21H,2,9-14H2,1H3,(H,23,25). The number of carbonyl (C=O) groups excluding carboxylic acids is 1. The highest BCUT2D eigenvalue weighted by Gasteiger charge is 2.12. The lowest BCUT2D eigenvalue weighted by Gasteiger charge is -2.26. The van der Waals surface area contributed by atoms with E-state index in [1.165, 1.54) is 0 Å². The van der Waals surface area contributed by atoms with Gasteiger partial charge < -0.3 is 20.1 Å². The second-order valence-electron chi connectivity index (χ2n) is 6.20. The summed E-state index contributed by atoms with van der Waals surface area (Å²) in [4.78, 5) is 19.1. The van der Waals surface area contributed by atoms with Crippen molar-refractivity contribution in [1.29, 1.82) is 0 Å². The van der Waals surface area contributed by atoms with Crippen molar-refractivity contribution < 1.29 is 14.3 Å². The van der Waals surface area contributed by atoms with Crippen molar-refractivity contribution in [2.24, 2.45) is 0 Å². The minimum atomic E-state index is -0.262. The van der Waals surface area contributed by atoms with E-state index in [1.807, 2.05) is 37.3 Å². The van der Waals surface area contributed by atoms with Crippen LogP contribution in [0.3, 0.4) is 0 Å². The number of nitrogens with one attached hydrogen (secondary N) is 2. The first-order valence-electron chi connectivity index (χ1n) is 9.29. The smallest absolute Gasteiger partial charge is 0.274 e. The number of carbonyl (C=O) groups is 1. The Morgan fingerprint density at radius 3 is 2.78 bits per heavy atom. The van der Waals surface area contributed by atoms with Gasteiger partial charge in [0.1, 0.15) is 11.4 Å². The number of rotatable bonds is 8. The maximum atomic E-state index is 12.4. The molecule has 1 aromatic carbocycles. The minimum absolute atomic E-state index is 0.262. The van der Waals surface area contributed by atoms with Gasteiger partial charge >= 0.3 is 0 Å². The highest BCUT2D eigenvalue weighted by atomic mass is 16.5. The van der Waals surface area contributed by atoms with Crippen LogP contribution in [0.1, 0.15) is 17.4 Å². The average Bonchev–Trinajstić information content (AvgIpc) is 2.71. The SMILES string of the molecule is CCOc1ccccc1NC(=O)c1ccc(NCCN2CCOCC2)cn1. The summed E-state index contributed by atoms with van der Waals surface area (Å²) in [6.07, 6.45) is 1.68. The maximum absolute atomic E-state index is 12.4. The number of para-hydroxylation sites is 2. The van der Waals surface area contributed by atoms with Crippen LogP contribution in [0.25, 0.3) is 0 Å². The Morgan fingerprint density at radius 1 is 1.22 bits per heavy atom. The molecule has 0 saturated carbocycles. The topological polar surface area (TPSA) is 75.7 Å². The van der Waals surface area contributed by atoms with Gasteiger partial charge in [0.15, 0.2) is 0 Å². The van der Waals surface area contributed by atoms with Crippen molar-refractivity contribution in [2.45, 2.75) is 6.92 Å². The lowest BCUT2D eigenvalue weighted by atomic mass is 10.2. The van der Waals surface area contributed by atoms with E-state index in [0.29, 0.717) is 23.7 Å². The molecule has 144 valence electrons. The fourth-order valence-electron chi connectivity index (χ4n) is 2.85. The van der Waals surface area contributed by atoms with E-state index in [9.17, 15) is 4.79 Å². The second-order valence-corrected chi connectivity index (χ2v) is 6.20. The molecule has 3 rings (SSSR count). The highest BCUT2D eigenvalue weighted by molar-refractivity contribution is 6.03. The molecule has 0 unspecified atom stereocenters. The van der Waals surface area contributed by atoms with E-state index >= 15 is 0 Å². The monoisotopic (exact) mass is 370 g/mol. The molecule has 1 aromatic heterocycles. The summed E-state index contributed by atoms with van der Waals surface area (Å²) in [6.45, 7) is 7.79.